The third-order valence-electron chi connectivity index (χ3n) is 3.51. The normalized spacial score (nSPS) is 14.3. The van der Waals surface area contributed by atoms with E-state index in [1.165, 1.54) is 11.3 Å². The topological polar surface area (TPSA) is 33.2 Å². The van der Waals surface area contributed by atoms with Crippen LogP contribution in [0.2, 0.25) is 0 Å². The summed E-state index contributed by atoms with van der Waals surface area (Å²) in [7, 11) is 0. The molecule has 0 fully saturated rings. The molecule has 1 aliphatic heterocycles. The number of fused-ring (bicyclic) bond motifs is 1. The number of Topliss-reactive ketones (excluding diaryl/α,β-unsaturated/α-hetero) is 1. The molecule has 3 nitrogen and oxygen atoms in total. The Morgan fingerprint density at radius 3 is 3.11 bits per heavy atom. The van der Waals surface area contributed by atoms with E-state index in [0.29, 0.717) is 0 Å². The Balaban J connectivity index is 1.89. The SMILES string of the molecule is CC(=O)c1ccc2c(c1)CCCN2Cc1nccs1. The zero-order chi connectivity index (χ0) is 13.2. The van der Waals surface area contributed by atoms with E-state index < -0.39 is 0 Å². The molecule has 2 aromatic rings. The Morgan fingerprint density at radius 1 is 1.47 bits per heavy atom. The first-order valence-corrected chi connectivity index (χ1v) is 7.39. The van der Waals surface area contributed by atoms with Crippen molar-refractivity contribution in [1.29, 1.82) is 0 Å². The van der Waals surface area contributed by atoms with Crippen LogP contribution in [0.4, 0.5) is 5.69 Å². The number of carbonyl (C=O) groups excluding carboxylic acids is 1. The quantitative estimate of drug-likeness (QED) is 0.804. The summed E-state index contributed by atoms with van der Waals surface area (Å²) >= 11 is 1.69. The van der Waals surface area contributed by atoms with Crippen molar-refractivity contribution in [2.24, 2.45) is 0 Å². The fraction of sp³-hybridized carbons (Fsp3) is 0.333. The third kappa shape index (κ3) is 2.54. The Hall–Kier alpha value is -1.68. The summed E-state index contributed by atoms with van der Waals surface area (Å²) < 4.78 is 0. The standard InChI is InChI=1S/C15H16N2OS/c1-11(18)12-4-5-14-13(9-12)3-2-7-17(14)10-15-16-6-8-19-15/h4-6,8-9H,2-3,7,10H2,1H3. The maximum atomic E-state index is 11.4. The molecule has 0 spiro atoms. The van der Waals surface area contributed by atoms with E-state index in [4.69, 9.17) is 0 Å². The van der Waals surface area contributed by atoms with E-state index in [9.17, 15) is 4.79 Å². The molecule has 98 valence electrons. The molecule has 0 unspecified atom stereocenters. The Labute approximate surface area is 116 Å². The van der Waals surface area contributed by atoms with Crippen molar-refractivity contribution < 1.29 is 4.79 Å². The molecule has 0 aliphatic carbocycles. The molecule has 0 saturated heterocycles. The second-order valence-electron chi connectivity index (χ2n) is 4.85. The highest BCUT2D eigenvalue weighted by Gasteiger charge is 2.18. The van der Waals surface area contributed by atoms with Crippen LogP contribution in [0.1, 0.15) is 34.3 Å². The third-order valence-corrected chi connectivity index (χ3v) is 4.27. The number of thiazole rings is 1. The summed E-state index contributed by atoms with van der Waals surface area (Å²) in [6, 6.07) is 6.06. The van der Waals surface area contributed by atoms with Gasteiger partial charge in [0.25, 0.3) is 0 Å². The Kier molecular flexibility index (Phi) is 3.34. The number of aromatic nitrogens is 1. The van der Waals surface area contributed by atoms with Crippen LogP contribution in [0.5, 0.6) is 0 Å². The van der Waals surface area contributed by atoms with Crippen LogP contribution in [0.15, 0.2) is 29.8 Å². The lowest BCUT2D eigenvalue weighted by atomic mass is 9.98. The first-order chi connectivity index (χ1) is 9.24. The second-order valence-corrected chi connectivity index (χ2v) is 5.83. The first kappa shape index (κ1) is 12.4. The van der Waals surface area contributed by atoms with Gasteiger partial charge in [-0.1, -0.05) is 0 Å². The maximum absolute atomic E-state index is 11.4. The minimum absolute atomic E-state index is 0.139. The first-order valence-electron chi connectivity index (χ1n) is 6.51. The summed E-state index contributed by atoms with van der Waals surface area (Å²) in [6.45, 7) is 3.55. The number of hydrogen-bond acceptors (Lipinski definition) is 4. The summed E-state index contributed by atoms with van der Waals surface area (Å²) in [5.41, 5.74) is 3.36. The van der Waals surface area contributed by atoms with E-state index in [-0.39, 0.29) is 5.78 Å². The molecule has 0 bridgehead atoms. The summed E-state index contributed by atoms with van der Waals surface area (Å²) in [5, 5.41) is 3.16. The highest BCUT2D eigenvalue weighted by Crippen LogP contribution is 2.29. The Bertz CT molecular complexity index is 592. The van der Waals surface area contributed by atoms with Crippen LogP contribution < -0.4 is 4.90 Å². The number of rotatable bonds is 3. The van der Waals surface area contributed by atoms with Crippen molar-refractivity contribution in [3.63, 3.8) is 0 Å². The summed E-state index contributed by atoms with van der Waals surface area (Å²) in [6.07, 6.45) is 4.05. The molecule has 4 heteroatoms. The van der Waals surface area contributed by atoms with Gasteiger partial charge in [0.05, 0.1) is 6.54 Å². The number of benzene rings is 1. The van der Waals surface area contributed by atoms with Gasteiger partial charge < -0.3 is 4.90 Å². The van der Waals surface area contributed by atoms with Crippen molar-refractivity contribution in [2.75, 3.05) is 11.4 Å². The van der Waals surface area contributed by atoms with Crippen molar-refractivity contribution in [3.05, 3.63) is 45.9 Å². The van der Waals surface area contributed by atoms with Gasteiger partial charge in [0.2, 0.25) is 0 Å². The molecule has 0 amide bonds. The smallest absolute Gasteiger partial charge is 0.159 e. The van der Waals surface area contributed by atoms with E-state index >= 15 is 0 Å². The summed E-state index contributed by atoms with van der Waals surface area (Å²) in [5.74, 6) is 0.139. The van der Waals surface area contributed by atoms with Gasteiger partial charge in [0, 0.05) is 29.4 Å². The lowest BCUT2D eigenvalue weighted by molar-refractivity contribution is 0.101. The van der Waals surface area contributed by atoms with Crippen LogP contribution in [0, 0.1) is 0 Å². The molecule has 1 aromatic heterocycles. The molecule has 3 rings (SSSR count). The van der Waals surface area contributed by atoms with Gasteiger partial charge >= 0.3 is 0 Å². The van der Waals surface area contributed by atoms with Crippen molar-refractivity contribution in [1.82, 2.24) is 4.98 Å². The van der Waals surface area contributed by atoms with Gasteiger partial charge in [-0.15, -0.1) is 11.3 Å². The highest BCUT2D eigenvalue weighted by molar-refractivity contribution is 7.09. The van der Waals surface area contributed by atoms with Crippen LogP contribution in [-0.2, 0) is 13.0 Å². The second kappa shape index (κ2) is 5.13. The van der Waals surface area contributed by atoms with Crippen LogP contribution in [0.25, 0.3) is 0 Å². The molecule has 19 heavy (non-hydrogen) atoms. The van der Waals surface area contributed by atoms with Crippen molar-refractivity contribution >= 4 is 22.8 Å². The number of nitrogens with zero attached hydrogens (tertiary/aromatic N) is 2. The molecule has 1 aliphatic rings. The Morgan fingerprint density at radius 2 is 2.37 bits per heavy atom. The fourth-order valence-electron chi connectivity index (χ4n) is 2.55. The monoisotopic (exact) mass is 272 g/mol. The van der Waals surface area contributed by atoms with Crippen molar-refractivity contribution in [3.8, 4) is 0 Å². The average Bonchev–Trinajstić information content (AvgIpc) is 2.91. The van der Waals surface area contributed by atoms with E-state index in [1.54, 1.807) is 18.3 Å². The minimum Gasteiger partial charge on any atom is -0.365 e. The predicted octanol–water partition coefficient (Wildman–Crippen LogP) is 3.30. The van der Waals surface area contributed by atoms with Crippen molar-refractivity contribution in [2.45, 2.75) is 26.3 Å². The zero-order valence-electron chi connectivity index (χ0n) is 10.9. The van der Waals surface area contributed by atoms with Gasteiger partial charge in [0.1, 0.15) is 5.01 Å². The number of aryl methyl sites for hydroxylation is 1. The lowest BCUT2D eigenvalue weighted by Gasteiger charge is -2.30. The minimum atomic E-state index is 0.139. The van der Waals surface area contributed by atoms with E-state index in [2.05, 4.69) is 16.0 Å². The number of hydrogen-bond donors (Lipinski definition) is 0. The zero-order valence-corrected chi connectivity index (χ0v) is 11.7. The maximum Gasteiger partial charge on any atom is 0.159 e. The lowest BCUT2D eigenvalue weighted by Crippen LogP contribution is -2.28. The van der Waals surface area contributed by atoms with Gasteiger partial charge in [-0.3, -0.25) is 4.79 Å². The molecule has 0 saturated carbocycles. The molecule has 0 N–H and O–H groups in total. The predicted molar refractivity (Wildman–Crippen MR) is 77.9 cm³/mol. The van der Waals surface area contributed by atoms with Gasteiger partial charge in [-0.25, -0.2) is 4.98 Å². The molecule has 2 heterocycles. The molecular weight excluding hydrogens is 256 g/mol. The van der Waals surface area contributed by atoms with Crippen LogP contribution in [-0.4, -0.2) is 17.3 Å². The average molecular weight is 272 g/mol. The van der Waals surface area contributed by atoms with E-state index in [0.717, 1.165) is 36.5 Å². The molecular formula is C15H16N2OS. The molecule has 1 aromatic carbocycles. The largest absolute Gasteiger partial charge is 0.365 e. The number of ketones is 1. The van der Waals surface area contributed by atoms with Gasteiger partial charge in [-0.05, 0) is 43.5 Å². The summed E-state index contributed by atoms with van der Waals surface area (Å²) in [4.78, 5) is 18.2. The van der Waals surface area contributed by atoms with E-state index in [1.807, 2.05) is 23.7 Å². The molecule has 0 atom stereocenters. The van der Waals surface area contributed by atoms with Crippen LogP contribution in [0.3, 0.4) is 0 Å². The fourth-order valence-corrected chi connectivity index (χ4v) is 3.18. The number of anilines is 1. The van der Waals surface area contributed by atoms with Gasteiger partial charge in [0.15, 0.2) is 5.78 Å². The number of carbonyl (C=O) groups is 1. The highest BCUT2D eigenvalue weighted by atomic mass is 32.1. The van der Waals surface area contributed by atoms with Crippen LogP contribution >= 0.6 is 11.3 Å². The van der Waals surface area contributed by atoms with Gasteiger partial charge in [-0.2, -0.15) is 0 Å². The molecule has 0 radical (unpaired) electrons.